The average Bonchev–Trinajstić information content (AvgIpc) is 2.86. The minimum Gasteiger partial charge on any atom is -0.491 e. The second-order valence-electron chi connectivity index (χ2n) is 4.66. The van der Waals surface area contributed by atoms with Crippen LogP contribution in [-0.2, 0) is 0 Å². The van der Waals surface area contributed by atoms with Gasteiger partial charge in [-0.15, -0.1) is 0 Å². The van der Waals surface area contributed by atoms with Crippen molar-refractivity contribution in [2.45, 2.75) is 20.0 Å². The lowest BCUT2D eigenvalue weighted by Crippen LogP contribution is -2.05. The number of ether oxygens (including phenoxy) is 1. The molecule has 2 aromatic heterocycles. The zero-order valence-electron chi connectivity index (χ0n) is 11.1. The standard InChI is InChI=1S/C14H13ClN4O/c1-8(2)20-10-5-3-9(4-6-10)12-11-7-16-19-13(11)18-14(15)17-12/h3-8H,1-2H3,(H,16,17,18,19). The summed E-state index contributed by atoms with van der Waals surface area (Å²) in [5, 5.41) is 7.81. The lowest BCUT2D eigenvalue weighted by molar-refractivity contribution is 0.242. The van der Waals surface area contributed by atoms with Crippen LogP contribution in [-0.4, -0.2) is 26.3 Å². The molecule has 0 fully saturated rings. The van der Waals surface area contributed by atoms with Crippen LogP contribution in [0.5, 0.6) is 5.75 Å². The Balaban J connectivity index is 2.04. The number of rotatable bonds is 3. The van der Waals surface area contributed by atoms with E-state index < -0.39 is 0 Å². The van der Waals surface area contributed by atoms with E-state index in [1.165, 1.54) is 0 Å². The smallest absolute Gasteiger partial charge is 0.224 e. The first-order chi connectivity index (χ1) is 9.63. The van der Waals surface area contributed by atoms with Crippen molar-refractivity contribution in [3.8, 4) is 17.0 Å². The first-order valence-corrected chi connectivity index (χ1v) is 6.65. The summed E-state index contributed by atoms with van der Waals surface area (Å²) in [5.74, 6) is 0.826. The summed E-state index contributed by atoms with van der Waals surface area (Å²) in [7, 11) is 0. The van der Waals surface area contributed by atoms with Gasteiger partial charge in [-0.05, 0) is 49.7 Å². The summed E-state index contributed by atoms with van der Waals surface area (Å²) >= 11 is 5.94. The second kappa shape index (κ2) is 5.09. The fraction of sp³-hybridized carbons (Fsp3) is 0.214. The summed E-state index contributed by atoms with van der Waals surface area (Å²) < 4.78 is 5.62. The number of nitrogens with one attached hydrogen (secondary N) is 1. The maximum atomic E-state index is 5.94. The highest BCUT2D eigenvalue weighted by molar-refractivity contribution is 6.28. The van der Waals surface area contributed by atoms with Crippen LogP contribution >= 0.6 is 11.6 Å². The van der Waals surface area contributed by atoms with Gasteiger partial charge in [-0.25, -0.2) is 4.98 Å². The van der Waals surface area contributed by atoms with E-state index in [-0.39, 0.29) is 11.4 Å². The van der Waals surface area contributed by atoms with Crippen LogP contribution in [0.3, 0.4) is 0 Å². The molecule has 0 unspecified atom stereocenters. The Morgan fingerprint density at radius 1 is 1.15 bits per heavy atom. The first-order valence-electron chi connectivity index (χ1n) is 6.27. The fourth-order valence-electron chi connectivity index (χ4n) is 1.99. The van der Waals surface area contributed by atoms with Crippen molar-refractivity contribution >= 4 is 22.6 Å². The third kappa shape index (κ3) is 2.44. The van der Waals surface area contributed by atoms with E-state index in [1.54, 1.807) is 6.20 Å². The van der Waals surface area contributed by atoms with E-state index in [0.717, 1.165) is 22.4 Å². The summed E-state index contributed by atoms with van der Waals surface area (Å²) in [4.78, 5) is 8.38. The number of nitrogens with zero attached hydrogens (tertiary/aromatic N) is 3. The normalized spacial score (nSPS) is 11.2. The summed E-state index contributed by atoms with van der Waals surface area (Å²) in [6.07, 6.45) is 1.84. The van der Waals surface area contributed by atoms with Gasteiger partial charge in [-0.3, -0.25) is 5.10 Å². The number of benzene rings is 1. The molecule has 102 valence electrons. The minimum absolute atomic E-state index is 0.148. The number of halogens is 1. The number of aromatic nitrogens is 4. The average molecular weight is 289 g/mol. The van der Waals surface area contributed by atoms with Crippen molar-refractivity contribution in [1.82, 2.24) is 20.2 Å². The Labute approximate surface area is 121 Å². The molecule has 0 saturated heterocycles. The van der Waals surface area contributed by atoms with Crippen LogP contribution in [0.25, 0.3) is 22.3 Å². The highest BCUT2D eigenvalue weighted by Crippen LogP contribution is 2.27. The molecule has 0 amide bonds. The molecule has 0 spiro atoms. The lowest BCUT2D eigenvalue weighted by atomic mass is 10.1. The molecule has 0 radical (unpaired) electrons. The van der Waals surface area contributed by atoms with E-state index >= 15 is 0 Å². The van der Waals surface area contributed by atoms with Gasteiger partial charge in [0.05, 0.1) is 23.4 Å². The number of fused-ring (bicyclic) bond motifs is 1. The van der Waals surface area contributed by atoms with Gasteiger partial charge in [0.1, 0.15) is 5.75 Å². The Morgan fingerprint density at radius 2 is 1.90 bits per heavy atom. The monoisotopic (exact) mass is 288 g/mol. The van der Waals surface area contributed by atoms with Gasteiger partial charge in [-0.2, -0.15) is 10.1 Å². The van der Waals surface area contributed by atoms with Gasteiger partial charge < -0.3 is 4.74 Å². The molecule has 3 rings (SSSR count). The molecule has 0 saturated carbocycles. The SMILES string of the molecule is CC(C)Oc1ccc(-c2nc(Cl)nc3[nH]ncc23)cc1. The van der Waals surface area contributed by atoms with E-state index in [4.69, 9.17) is 16.3 Å². The van der Waals surface area contributed by atoms with Gasteiger partial charge in [-0.1, -0.05) is 0 Å². The van der Waals surface area contributed by atoms with Crippen molar-refractivity contribution < 1.29 is 4.74 Å². The largest absolute Gasteiger partial charge is 0.491 e. The molecule has 2 heterocycles. The van der Waals surface area contributed by atoms with Gasteiger partial charge in [0.2, 0.25) is 5.28 Å². The number of aromatic amines is 1. The predicted molar refractivity (Wildman–Crippen MR) is 77.9 cm³/mol. The number of H-pyrrole nitrogens is 1. The Morgan fingerprint density at radius 3 is 2.60 bits per heavy atom. The van der Waals surface area contributed by atoms with Crippen LogP contribution in [0.1, 0.15) is 13.8 Å². The van der Waals surface area contributed by atoms with Gasteiger partial charge in [0.25, 0.3) is 0 Å². The molecule has 1 N–H and O–H groups in total. The molecule has 0 bridgehead atoms. The number of hydrogen-bond acceptors (Lipinski definition) is 4. The topological polar surface area (TPSA) is 63.7 Å². The summed E-state index contributed by atoms with van der Waals surface area (Å²) in [6, 6.07) is 7.72. The van der Waals surface area contributed by atoms with Crippen LogP contribution < -0.4 is 4.74 Å². The third-order valence-electron chi connectivity index (χ3n) is 2.78. The summed E-state index contributed by atoms with van der Waals surface area (Å²) in [6.45, 7) is 3.99. The molecule has 5 nitrogen and oxygen atoms in total. The zero-order chi connectivity index (χ0) is 14.1. The molecule has 0 aliphatic rings. The Kier molecular flexibility index (Phi) is 3.28. The predicted octanol–water partition coefficient (Wildman–Crippen LogP) is 3.46. The maximum absolute atomic E-state index is 5.94. The molecule has 0 aliphatic heterocycles. The van der Waals surface area contributed by atoms with Gasteiger partial charge in [0.15, 0.2) is 5.65 Å². The van der Waals surface area contributed by atoms with E-state index in [0.29, 0.717) is 5.65 Å². The Hall–Kier alpha value is -2.14. The first kappa shape index (κ1) is 12.9. The van der Waals surface area contributed by atoms with E-state index in [9.17, 15) is 0 Å². The molecule has 0 atom stereocenters. The molecular weight excluding hydrogens is 276 g/mol. The molecular formula is C14H13ClN4O. The molecule has 0 aliphatic carbocycles. The minimum atomic E-state index is 0.148. The summed E-state index contributed by atoms with van der Waals surface area (Å²) in [5.41, 5.74) is 2.32. The number of hydrogen-bond donors (Lipinski definition) is 1. The fourth-order valence-corrected chi connectivity index (χ4v) is 2.16. The molecule has 1 aromatic carbocycles. The van der Waals surface area contributed by atoms with Crippen molar-refractivity contribution in [1.29, 1.82) is 0 Å². The lowest BCUT2D eigenvalue weighted by Gasteiger charge is -2.10. The maximum Gasteiger partial charge on any atom is 0.224 e. The van der Waals surface area contributed by atoms with Gasteiger partial charge in [0, 0.05) is 5.56 Å². The molecule has 3 aromatic rings. The highest BCUT2D eigenvalue weighted by atomic mass is 35.5. The van der Waals surface area contributed by atoms with Crippen molar-refractivity contribution in [3.63, 3.8) is 0 Å². The highest BCUT2D eigenvalue weighted by Gasteiger charge is 2.10. The van der Waals surface area contributed by atoms with Crippen LogP contribution in [0.2, 0.25) is 5.28 Å². The van der Waals surface area contributed by atoms with Crippen LogP contribution in [0.4, 0.5) is 0 Å². The second-order valence-corrected chi connectivity index (χ2v) is 5.00. The Bertz CT molecular complexity index is 737. The van der Waals surface area contributed by atoms with Crippen molar-refractivity contribution in [2.24, 2.45) is 0 Å². The molecule has 6 heteroatoms. The van der Waals surface area contributed by atoms with Gasteiger partial charge >= 0.3 is 0 Å². The van der Waals surface area contributed by atoms with Crippen LogP contribution in [0, 0.1) is 0 Å². The van der Waals surface area contributed by atoms with Crippen molar-refractivity contribution in [2.75, 3.05) is 0 Å². The van der Waals surface area contributed by atoms with E-state index in [1.807, 2.05) is 38.1 Å². The quantitative estimate of drug-likeness (QED) is 0.750. The van der Waals surface area contributed by atoms with E-state index in [2.05, 4.69) is 20.2 Å². The third-order valence-corrected chi connectivity index (χ3v) is 2.95. The zero-order valence-corrected chi connectivity index (χ0v) is 11.8. The molecule has 20 heavy (non-hydrogen) atoms. The van der Waals surface area contributed by atoms with Crippen molar-refractivity contribution in [3.05, 3.63) is 35.7 Å². The van der Waals surface area contributed by atoms with Crippen LogP contribution in [0.15, 0.2) is 30.5 Å².